The van der Waals surface area contributed by atoms with Gasteiger partial charge in [-0.2, -0.15) is 0 Å². The van der Waals surface area contributed by atoms with Gasteiger partial charge in [0, 0.05) is 6.54 Å². The van der Waals surface area contributed by atoms with Crippen LogP contribution in [0, 0.1) is 5.92 Å². The van der Waals surface area contributed by atoms with Crippen LogP contribution in [0.2, 0.25) is 0 Å². The van der Waals surface area contributed by atoms with E-state index >= 15 is 0 Å². The lowest BCUT2D eigenvalue weighted by molar-refractivity contribution is 0.405. The van der Waals surface area contributed by atoms with Gasteiger partial charge in [-0.1, -0.05) is 25.6 Å². The minimum Gasteiger partial charge on any atom is -0.490 e. The molecule has 0 aliphatic rings. The van der Waals surface area contributed by atoms with Crippen molar-refractivity contribution >= 4 is 28.7 Å². The van der Waals surface area contributed by atoms with Crippen molar-refractivity contribution in [2.45, 2.75) is 25.4 Å². The molecular weight excluding hydrogens is 370 g/mol. The monoisotopic (exact) mass is 393 g/mol. The van der Waals surface area contributed by atoms with E-state index in [0.717, 1.165) is 35.1 Å². The number of hydrogen-bond donors (Lipinski definition) is 4. The van der Waals surface area contributed by atoms with Crippen LogP contribution >= 0.6 is 11.8 Å². The topological polar surface area (TPSA) is 141 Å². The van der Waals surface area contributed by atoms with Crippen LogP contribution in [0.1, 0.15) is 20.3 Å². The van der Waals surface area contributed by atoms with Gasteiger partial charge in [0.25, 0.3) is 5.56 Å². The first kappa shape index (κ1) is 20.5. The van der Waals surface area contributed by atoms with Crippen LogP contribution < -0.4 is 21.3 Å². The van der Waals surface area contributed by atoms with Crippen LogP contribution in [-0.4, -0.2) is 49.8 Å². The van der Waals surface area contributed by atoms with Gasteiger partial charge in [-0.3, -0.25) is 9.78 Å². The minimum atomic E-state index is -0.536. The maximum absolute atomic E-state index is 10.7. The summed E-state index contributed by atoms with van der Waals surface area (Å²) in [7, 11) is 1.35. The highest BCUT2D eigenvalue weighted by Crippen LogP contribution is 2.20. The molecule has 0 saturated carbocycles. The van der Waals surface area contributed by atoms with E-state index in [1.807, 2.05) is 11.2 Å². The highest BCUT2D eigenvalue weighted by Gasteiger charge is 2.09. The van der Waals surface area contributed by atoms with Gasteiger partial charge in [0.05, 0.1) is 19.6 Å². The van der Waals surface area contributed by atoms with Crippen molar-refractivity contribution in [3.63, 3.8) is 0 Å². The van der Waals surface area contributed by atoms with Crippen LogP contribution in [-0.2, 0) is 0 Å². The number of rotatable bonds is 6. The predicted octanol–water partition coefficient (Wildman–Crippen LogP) is 1.60. The third-order valence-corrected chi connectivity index (χ3v) is 4.01. The van der Waals surface area contributed by atoms with E-state index in [2.05, 4.69) is 48.8 Å². The highest BCUT2D eigenvalue weighted by molar-refractivity contribution is 7.98. The Morgan fingerprint density at radius 1 is 1.26 bits per heavy atom. The van der Waals surface area contributed by atoms with Crippen molar-refractivity contribution < 1.29 is 4.74 Å². The Balaban J connectivity index is 0.000000223. The van der Waals surface area contributed by atoms with Gasteiger partial charge in [0.1, 0.15) is 5.52 Å². The van der Waals surface area contributed by atoms with Gasteiger partial charge >= 0.3 is 5.69 Å². The number of thioether (sulfide) groups is 1. The number of anilines is 1. The first-order valence-electron chi connectivity index (χ1n) is 8.29. The maximum Gasteiger partial charge on any atom is 0.325 e. The zero-order valence-electron chi connectivity index (χ0n) is 15.6. The molecule has 10 nitrogen and oxygen atoms in total. The molecule has 27 heavy (non-hydrogen) atoms. The number of nitrogens with zero attached hydrogens (tertiary/aromatic N) is 3. The second kappa shape index (κ2) is 9.76. The number of aromatic nitrogens is 6. The molecule has 0 aromatic carbocycles. The maximum atomic E-state index is 10.7. The van der Waals surface area contributed by atoms with Gasteiger partial charge in [-0.15, -0.1) is 0 Å². The summed E-state index contributed by atoms with van der Waals surface area (Å²) in [5.74, 6) is 1.62. The molecule has 0 atom stereocenters. The first-order chi connectivity index (χ1) is 12.9. The van der Waals surface area contributed by atoms with Crippen LogP contribution in [0.3, 0.4) is 0 Å². The summed E-state index contributed by atoms with van der Waals surface area (Å²) < 4.78 is 4.59. The molecule has 0 bridgehead atoms. The Kier molecular flexibility index (Phi) is 7.41. The van der Waals surface area contributed by atoms with E-state index < -0.39 is 11.2 Å². The Morgan fingerprint density at radius 3 is 2.67 bits per heavy atom. The van der Waals surface area contributed by atoms with Gasteiger partial charge in [0.2, 0.25) is 5.75 Å². The molecule has 0 aliphatic carbocycles. The molecule has 0 amide bonds. The summed E-state index contributed by atoms with van der Waals surface area (Å²) >= 11 is 1.52. The molecule has 3 aromatic heterocycles. The van der Waals surface area contributed by atoms with Crippen molar-refractivity contribution in [2.24, 2.45) is 5.92 Å². The van der Waals surface area contributed by atoms with Crippen molar-refractivity contribution in [1.29, 1.82) is 0 Å². The predicted molar refractivity (Wildman–Crippen MR) is 106 cm³/mol. The van der Waals surface area contributed by atoms with E-state index in [0.29, 0.717) is 5.92 Å². The molecule has 3 aromatic rings. The number of H-pyrrole nitrogens is 3. The van der Waals surface area contributed by atoms with E-state index in [1.165, 1.54) is 25.1 Å². The molecule has 0 fully saturated rings. The second-order valence-corrected chi connectivity index (χ2v) is 6.68. The van der Waals surface area contributed by atoms with E-state index in [1.54, 1.807) is 6.33 Å². The van der Waals surface area contributed by atoms with Crippen LogP contribution in [0.4, 0.5) is 5.82 Å². The lowest BCUT2D eigenvalue weighted by Crippen LogP contribution is -2.21. The summed E-state index contributed by atoms with van der Waals surface area (Å²) in [5, 5.41) is 4.09. The molecule has 4 N–H and O–H groups in total. The minimum absolute atomic E-state index is 0.0969. The lowest BCUT2D eigenvalue weighted by Gasteiger charge is -2.08. The molecule has 0 saturated heterocycles. The summed E-state index contributed by atoms with van der Waals surface area (Å²) in [6.45, 7) is 5.33. The molecule has 146 valence electrons. The largest absolute Gasteiger partial charge is 0.490 e. The third kappa shape index (κ3) is 5.84. The number of aromatic amines is 3. The summed E-state index contributed by atoms with van der Waals surface area (Å²) in [5.41, 5.74) is 0.542. The van der Waals surface area contributed by atoms with E-state index in [9.17, 15) is 9.59 Å². The van der Waals surface area contributed by atoms with Crippen molar-refractivity contribution in [1.82, 2.24) is 29.9 Å². The van der Waals surface area contributed by atoms with Gasteiger partial charge in [-0.05, 0) is 18.6 Å². The third-order valence-electron chi connectivity index (χ3n) is 3.47. The first-order valence-corrected chi connectivity index (χ1v) is 9.52. The molecular formula is C16H23N7O3S. The fourth-order valence-corrected chi connectivity index (χ4v) is 2.42. The van der Waals surface area contributed by atoms with Crippen molar-refractivity contribution in [3.8, 4) is 5.75 Å². The van der Waals surface area contributed by atoms with E-state index in [-0.39, 0.29) is 5.75 Å². The smallest absolute Gasteiger partial charge is 0.325 e. The number of methoxy groups -OCH3 is 1. The molecule has 0 aliphatic heterocycles. The molecule has 3 rings (SSSR count). The van der Waals surface area contributed by atoms with Crippen LogP contribution in [0.5, 0.6) is 5.75 Å². The quantitative estimate of drug-likeness (QED) is 0.365. The number of nitrogens with one attached hydrogen (secondary N) is 4. The molecule has 0 unspecified atom stereocenters. The van der Waals surface area contributed by atoms with Gasteiger partial charge < -0.3 is 20.0 Å². The molecule has 3 heterocycles. The Bertz CT molecular complexity index is 980. The number of imidazole rings is 1. The van der Waals surface area contributed by atoms with E-state index in [4.69, 9.17) is 0 Å². The molecule has 0 radical (unpaired) electrons. The Morgan fingerprint density at radius 2 is 2.04 bits per heavy atom. The van der Waals surface area contributed by atoms with Crippen LogP contribution in [0.25, 0.3) is 11.2 Å². The fraction of sp³-hybridized carbons (Fsp3) is 0.438. The number of ether oxygens (including phenoxy) is 1. The molecule has 11 heteroatoms. The van der Waals surface area contributed by atoms with Crippen molar-refractivity contribution in [2.75, 3.05) is 25.2 Å². The standard InChI is InChI=1S/C11H17N5S.C5H6N2O3/c1-7(2)4-5-12-9-8-10(14-6-13-8)16-11(15-9)17-3;1-10-3-2-6-5(9)7-4(3)8/h6-7H,4-5H2,1-3H3,(H2,12,13,14,15,16);2H,1H3,(H2,6,7,8,9). The average Bonchev–Trinajstić information content (AvgIpc) is 3.10. The van der Waals surface area contributed by atoms with Crippen molar-refractivity contribution in [3.05, 3.63) is 33.4 Å². The number of fused-ring (bicyclic) bond motifs is 1. The normalized spacial score (nSPS) is 10.6. The second-order valence-electron chi connectivity index (χ2n) is 5.91. The SMILES string of the molecule is COc1c[nH]c(=O)[nH]c1=O.CSc1nc(NCCC(C)C)c2[nH]cnc2n1. The Labute approximate surface area is 159 Å². The zero-order chi connectivity index (χ0) is 19.8. The fourth-order valence-electron chi connectivity index (χ4n) is 2.06. The lowest BCUT2D eigenvalue weighted by atomic mass is 10.1. The zero-order valence-corrected chi connectivity index (χ0v) is 16.4. The summed E-state index contributed by atoms with van der Waals surface area (Å²) in [6.07, 6.45) is 5.94. The highest BCUT2D eigenvalue weighted by atomic mass is 32.2. The summed E-state index contributed by atoms with van der Waals surface area (Å²) in [6, 6.07) is 0. The average molecular weight is 393 g/mol. The molecule has 0 spiro atoms. The summed E-state index contributed by atoms with van der Waals surface area (Å²) in [4.78, 5) is 41.3. The Hall–Kier alpha value is -2.82. The van der Waals surface area contributed by atoms with Crippen LogP contribution in [0.15, 0.2) is 27.3 Å². The van der Waals surface area contributed by atoms with Gasteiger partial charge in [0.15, 0.2) is 16.6 Å². The number of hydrogen-bond acceptors (Lipinski definition) is 8. The van der Waals surface area contributed by atoms with Gasteiger partial charge in [-0.25, -0.2) is 19.7 Å².